The third kappa shape index (κ3) is 5.05. The van der Waals surface area contributed by atoms with Gasteiger partial charge in [0.2, 0.25) is 0 Å². The lowest BCUT2D eigenvalue weighted by atomic mass is 9.94. The first kappa shape index (κ1) is 16.9. The highest BCUT2D eigenvalue weighted by Gasteiger charge is 2.35. The smallest absolute Gasteiger partial charge is 0.0277 e. The molecule has 0 spiro atoms. The third-order valence-electron chi connectivity index (χ3n) is 4.43. The Morgan fingerprint density at radius 1 is 1.16 bits per heavy atom. The SMILES string of the molecule is CC(C)C(CNC(C)(C)C)N1CCN(C)C(C)(C)C1. The fourth-order valence-electron chi connectivity index (χ4n) is 2.76. The predicted octanol–water partition coefficient (Wildman–Crippen LogP) is 2.43. The highest BCUT2D eigenvalue weighted by atomic mass is 15.3. The van der Waals surface area contributed by atoms with Gasteiger partial charge in [0.25, 0.3) is 0 Å². The summed E-state index contributed by atoms with van der Waals surface area (Å²) in [6, 6.07) is 0.632. The lowest BCUT2D eigenvalue weighted by Gasteiger charge is -2.49. The van der Waals surface area contributed by atoms with Crippen molar-refractivity contribution in [2.24, 2.45) is 5.92 Å². The summed E-state index contributed by atoms with van der Waals surface area (Å²) in [5.41, 5.74) is 0.488. The van der Waals surface area contributed by atoms with Gasteiger partial charge in [0.15, 0.2) is 0 Å². The maximum absolute atomic E-state index is 3.68. The number of hydrogen-bond donors (Lipinski definition) is 1. The zero-order valence-electron chi connectivity index (χ0n) is 14.4. The molecule has 0 radical (unpaired) electrons. The van der Waals surface area contributed by atoms with E-state index in [9.17, 15) is 0 Å². The van der Waals surface area contributed by atoms with Gasteiger partial charge < -0.3 is 5.32 Å². The molecular formula is C16H35N3. The number of piperazine rings is 1. The second kappa shape index (κ2) is 6.11. The summed E-state index contributed by atoms with van der Waals surface area (Å²) in [7, 11) is 2.25. The van der Waals surface area contributed by atoms with Gasteiger partial charge in [-0.2, -0.15) is 0 Å². The Morgan fingerprint density at radius 2 is 1.74 bits per heavy atom. The second-order valence-corrected chi connectivity index (χ2v) is 8.15. The Bertz CT molecular complexity index is 278. The van der Waals surface area contributed by atoms with Gasteiger partial charge in [-0.05, 0) is 47.6 Å². The minimum atomic E-state index is 0.204. The summed E-state index contributed by atoms with van der Waals surface area (Å²) in [6.07, 6.45) is 0. The highest BCUT2D eigenvalue weighted by Crippen LogP contribution is 2.23. The molecule has 1 aliphatic heterocycles. The Balaban J connectivity index is 2.67. The van der Waals surface area contributed by atoms with Crippen LogP contribution in [0.5, 0.6) is 0 Å². The fourth-order valence-corrected chi connectivity index (χ4v) is 2.76. The molecule has 0 bridgehead atoms. The van der Waals surface area contributed by atoms with Gasteiger partial charge in [0, 0.05) is 43.3 Å². The summed E-state index contributed by atoms with van der Waals surface area (Å²) in [5, 5.41) is 3.68. The van der Waals surface area contributed by atoms with Gasteiger partial charge in [0.1, 0.15) is 0 Å². The molecule has 1 saturated heterocycles. The Kier molecular flexibility index (Phi) is 5.44. The predicted molar refractivity (Wildman–Crippen MR) is 84.7 cm³/mol. The fraction of sp³-hybridized carbons (Fsp3) is 1.00. The van der Waals surface area contributed by atoms with E-state index < -0.39 is 0 Å². The topological polar surface area (TPSA) is 18.5 Å². The van der Waals surface area contributed by atoms with Crippen molar-refractivity contribution in [2.45, 2.75) is 65.6 Å². The normalized spacial score (nSPS) is 23.8. The maximum Gasteiger partial charge on any atom is 0.0277 e. The van der Waals surface area contributed by atoms with E-state index in [4.69, 9.17) is 0 Å². The van der Waals surface area contributed by atoms with Crippen LogP contribution in [0.3, 0.4) is 0 Å². The number of likely N-dealkylation sites (N-methyl/N-ethyl adjacent to an activating group) is 1. The first-order valence-electron chi connectivity index (χ1n) is 7.73. The van der Waals surface area contributed by atoms with E-state index in [-0.39, 0.29) is 11.1 Å². The average Bonchev–Trinajstić information content (AvgIpc) is 2.21. The van der Waals surface area contributed by atoms with E-state index >= 15 is 0 Å². The molecule has 1 aliphatic rings. The maximum atomic E-state index is 3.68. The van der Waals surface area contributed by atoms with Gasteiger partial charge in [-0.25, -0.2) is 0 Å². The van der Waals surface area contributed by atoms with Crippen molar-refractivity contribution in [2.75, 3.05) is 33.2 Å². The quantitative estimate of drug-likeness (QED) is 0.845. The molecule has 0 amide bonds. The molecule has 3 nitrogen and oxygen atoms in total. The molecule has 1 heterocycles. The number of nitrogens with one attached hydrogen (secondary N) is 1. The summed E-state index contributed by atoms with van der Waals surface area (Å²) in [5.74, 6) is 0.689. The van der Waals surface area contributed by atoms with Crippen molar-refractivity contribution in [3.8, 4) is 0 Å². The molecule has 1 unspecified atom stereocenters. The van der Waals surface area contributed by atoms with Crippen LogP contribution in [0.2, 0.25) is 0 Å². The zero-order chi connectivity index (χ0) is 14.8. The summed E-state index contributed by atoms with van der Waals surface area (Å²) < 4.78 is 0. The van der Waals surface area contributed by atoms with E-state index in [0.29, 0.717) is 12.0 Å². The van der Waals surface area contributed by atoms with Gasteiger partial charge >= 0.3 is 0 Å². The molecule has 1 atom stereocenters. The van der Waals surface area contributed by atoms with Crippen LogP contribution in [0, 0.1) is 5.92 Å². The lowest BCUT2D eigenvalue weighted by Crippen LogP contribution is -2.62. The van der Waals surface area contributed by atoms with Crippen molar-refractivity contribution < 1.29 is 0 Å². The van der Waals surface area contributed by atoms with E-state index in [1.807, 2.05) is 0 Å². The number of hydrogen-bond acceptors (Lipinski definition) is 3. The van der Waals surface area contributed by atoms with Crippen molar-refractivity contribution in [1.29, 1.82) is 0 Å². The minimum Gasteiger partial charge on any atom is -0.311 e. The summed E-state index contributed by atoms with van der Waals surface area (Å²) in [4.78, 5) is 5.17. The standard InChI is InChI=1S/C16H35N3/c1-13(2)14(11-17-15(3,4)5)19-10-9-18(8)16(6,7)12-19/h13-14,17H,9-12H2,1-8H3. The summed E-state index contributed by atoms with van der Waals surface area (Å²) >= 11 is 0. The molecule has 19 heavy (non-hydrogen) atoms. The van der Waals surface area contributed by atoms with Gasteiger partial charge in [-0.3, -0.25) is 9.80 Å². The van der Waals surface area contributed by atoms with Crippen molar-refractivity contribution in [3.05, 3.63) is 0 Å². The van der Waals surface area contributed by atoms with Crippen LogP contribution < -0.4 is 5.32 Å². The lowest BCUT2D eigenvalue weighted by molar-refractivity contribution is 0.00440. The van der Waals surface area contributed by atoms with Crippen LogP contribution in [0.1, 0.15) is 48.5 Å². The third-order valence-corrected chi connectivity index (χ3v) is 4.43. The number of rotatable bonds is 4. The average molecular weight is 269 g/mol. The van der Waals surface area contributed by atoms with Gasteiger partial charge in [0.05, 0.1) is 0 Å². The second-order valence-electron chi connectivity index (χ2n) is 8.15. The van der Waals surface area contributed by atoms with Crippen LogP contribution in [0.25, 0.3) is 0 Å². The molecule has 1 fully saturated rings. The summed E-state index contributed by atoms with van der Waals surface area (Å²) in [6.45, 7) is 20.8. The van der Waals surface area contributed by atoms with E-state index in [1.165, 1.54) is 13.1 Å². The molecule has 114 valence electrons. The Labute approximate surface area is 120 Å². The molecule has 1 N–H and O–H groups in total. The van der Waals surface area contributed by atoms with Crippen molar-refractivity contribution >= 4 is 0 Å². The van der Waals surface area contributed by atoms with E-state index in [2.05, 4.69) is 70.6 Å². The van der Waals surface area contributed by atoms with Crippen molar-refractivity contribution in [3.63, 3.8) is 0 Å². The van der Waals surface area contributed by atoms with E-state index in [1.54, 1.807) is 0 Å². The first-order valence-corrected chi connectivity index (χ1v) is 7.73. The molecule has 0 saturated carbocycles. The highest BCUT2D eigenvalue weighted by molar-refractivity contribution is 4.92. The van der Waals surface area contributed by atoms with Crippen LogP contribution >= 0.6 is 0 Å². The Morgan fingerprint density at radius 3 is 2.16 bits per heavy atom. The van der Waals surface area contributed by atoms with Gasteiger partial charge in [-0.1, -0.05) is 13.8 Å². The Hall–Kier alpha value is -0.120. The molecule has 0 aromatic rings. The minimum absolute atomic E-state index is 0.204. The molecule has 3 heteroatoms. The van der Waals surface area contributed by atoms with E-state index in [0.717, 1.165) is 13.1 Å². The first-order chi connectivity index (χ1) is 8.53. The number of nitrogens with zero attached hydrogens (tertiary/aromatic N) is 2. The van der Waals surface area contributed by atoms with Crippen LogP contribution in [0.4, 0.5) is 0 Å². The zero-order valence-corrected chi connectivity index (χ0v) is 14.4. The molecule has 0 aromatic carbocycles. The monoisotopic (exact) mass is 269 g/mol. The largest absolute Gasteiger partial charge is 0.311 e. The van der Waals surface area contributed by atoms with Crippen LogP contribution in [0.15, 0.2) is 0 Å². The molecule has 0 aliphatic carbocycles. The van der Waals surface area contributed by atoms with Crippen molar-refractivity contribution in [1.82, 2.24) is 15.1 Å². The molecule has 0 aromatic heterocycles. The molecular weight excluding hydrogens is 234 g/mol. The van der Waals surface area contributed by atoms with Gasteiger partial charge in [-0.15, -0.1) is 0 Å². The van der Waals surface area contributed by atoms with Crippen LogP contribution in [-0.4, -0.2) is 60.1 Å². The van der Waals surface area contributed by atoms with Crippen LogP contribution in [-0.2, 0) is 0 Å². The molecule has 1 rings (SSSR count).